The summed E-state index contributed by atoms with van der Waals surface area (Å²) in [7, 11) is -3.56. The fourth-order valence-corrected chi connectivity index (χ4v) is 3.86. The van der Waals surface area contributed by atoms with Gasteiger partial charge < -0.3 is 0 Å². The average molecular weight is 343 g/mol. The Morgan fingerprint density at radius 3 is 2.53 bits per heavy atom. The molecule has 0 heterocycles. The van der Waals surface area contributed by atoms with Gasteiger partial charge in [0.2, 0.25) is 0 Å². The van der Waals surface area contributed by atoms with Gasteiger partial charge in [-0.2, -0.15) is 0 Å². The number of nitrogens with zero attached hydrogens (tertiary/aromatic N) is 1. The monoisotopic (exact) mass is 341 g/mol. The van der Waals surface area contributed by atoms with E-state index in [1.165, 1.54) is 13.0 Å². The Hall–Kier alpha value is -0.660. The van der Waals surface area contributed by atoms with Gasteiger partial charge in [0.25, 0.3) is 5.69 Å². The van der Waals surface area contributed by atoms with Crippen molar-refractivity contribution in [1.82, 2.24) is 0 Å². The van der Waals surface area contributed by atoms with Crippen LogP contribution in [0.4, 0.5) is 5.69 Å². The third kappa shape index (κ3) is 2.97. The van der Waals surface area contributed by atoms with Gasteiger partial charge in [0.1, 0.15) is 0 Å². The highest BCUT2D eigenvalue weighted by molar-refractivity contribution is 9.10. The quantitative estimate of drug-likeness (QED) is 0.479. The van der Waals surface area contributed by atoms with E-state index < -0.39 is 20.0 Å². The first-order valence-corrected chi connectivity index (χ1v) is 7.42. The van der Waals surface area contributed by atoms with Gasteiger partial charge in [0, 0.05) is 22.5 Å². The maximum absolute atomic E-state index is 12.0. The molecule has 0 saturated carbocycles. The Morgan fingerprint density at radius 1 is 1.53 bits per heavy atom. The van der Waals surface area contributed by atoms with Crippen LogP contribution in [0.1, 0.15) is 6.92 Å². The van der Waals surface area contributed by atoms with E-state index >= 15 is 0 Å². The van der Waals surface area contributed by atoms with Crippen molar-refractivity contribution in [2.75, 3.05) is 5.88 Å². The van der Waals surface area contributed by atoms with Crippen LogP contribution in [0.15, 0.2) is 27.6 Å². The van der Waals surface area contributed by atoms with E-state index in [9.17, 15) is 18.5 Å². The molecule has 1 aromatic carbocycles. The number of non-ortho nitro benzene ring substituents is 1. The van der Waals surface area contributed by atoms with Crippen molar-refractivity contribution < 1.29 is 13.3 Å². The van der Waals surface area contributed by atoms with Crippen molar-refractivity contribution in [3.05, 3.63) is 32.8 Å². The van der Waals surface area contributed by atoms with Gasteiger partial charge in [0.15, 0.2) is 9.84 Å². The Labute approximate surface area is 112 Å². The molecule has 1 rings (SSSR count). The van der Waals surface area contributed by atoms with E-state index in [-0.39, 0.29) is 20.9 Å². The lowest BCUT2D eigenvalue weighted by Gasteiger charge is -2.11. The van der Waals surface area contributed by atoms with Crippen LogP contribution in [0.25, 0.3) is 0 Å². The smallest absolute Gasteiger partial charge is 0.258 e. The van der Waals surface area contributed by atoms with E-state index in [1.54, 1.807) is 0 Å². The molecule has 94 valence electrons. The number of halogens is 2. The third-order valence-electron chi connectivity index (χ3n) is 2.18. The van der Waals surface area contributed by atoms with Crippen LogP contribution in [-0.4, -0.2) is 24.5 Å². The van der Waals surface area contributed by atoms with Crippen LogP contribution in [-0.2, 0) is 9.84 Å². The van der Waals surface area contributed by atoms with Crippen molar-refractivity contribution >= 4 is 43.1 Å². The molecular weight excluding hydrogens is 334 g/mol. The highest BCUT2D eigenvalue weighted by Crippen LogP contribution is 2.29. The van der Waals surface area contributed by atoms with Gasteiger partial charge in [-0.15, -0.1) is 11.6 Å². The van der Waals surface area contributed by atoms with E-state index in [2.05, 4.69) is 15.9 Å². The summed E-state index contributed by atoms with van der Waals surface area (Å²) in [5, 5.41) is 9.77. The largest absolute Gasteiger partial charge is 0.270 e. The summed E-state index contributed by atoms with van der Waals surface area (Å²) in [6, 6.07) is 3.52. The van der Waals surface area contributed by atoms with Gasteiger partial charge in [-0.3, -0.25) is 10.1 Å². The molecule has 0 bridgehead atoms. The standard InChI is InChI=1S/C9H9BrClNO4S/c1-6(5-11)17(15,16)9-3-2-7(12(13)14)4-8(9)10/h2-4,6H,5H2,1H3. The molecule has 1 unspecified atom stereocenters. The number of hydrogen-bond acceptors (Lipinski definition) is 4. The van der Waals surface area contributed by atoms with Crippen LogP contribution < -0.4 is 0 Å². The molecule has 0 aliphatic heterocycles. The summed E-state index contributed by atoms with van der Waals surface area (Å²) < 4.78 is 24.1. The van der Waals surface area contributed by atoms with E-state index in [0.717, 1.165) is 12.1 Å². The Bertz CT molecular complexity index is 546. The molecule has 0 aliphatic carbocycles. The summed E-state index contributed by atoms with van der Waals surface area (Å²) >= 11 is 8.54. The summed E-state index contributed by atoms with van der Waals surface area (Å²) in [5.74, 6) is -0.0360. The molecule has 1 aromatic rings. The fraction of sp³-hybridized carbons (Fsp3) is 0.333. The average Bonchev–Trinajstić information content (AvgIpc) is 2.27. The highest BCUT2D eigenvalue weighted by atomic mass is 79.9. The van der Waals surface area contributed by atoms with Crippen LogP contribution in [0.3, 0.4) is 0 Å². The molecule has 0 fully saturated rings. The number of nitro groups is 1. The number of nitro benzene ring substituents is 1. The van der Waals surface area contributed by atoms with Crippen LogP contribution >= 0.6 is 27.5 Å². The molecule has 17 heavy (non-hydrogen) atoms. The number of rotatable bonds is 4. The predicted molar refractivity (Wildman–Crippen MR) is 68.2 cm³/mol. The summed E-state index contributed by atoms with van der Waals surface area (Å²) in [6.07, 6.45) is 0. The second-order valence-electron chi connectivity index (χ2n) is 3.38. The fourth-order valence-electron chi connectivity index (χ4n) is 1.13. The normalized spacial score (nSPS) is 13.4. The molecule has 5 nitrogen and oxygen atoms in total. The van der Waals surface area contributed by atoms with Crippen molar-refractivity contribution in [2.24, 2.45) is 0 Å². The predicted octanol–water partition coefficient (Wildman–Crippen LogP) is 2.76. The lowest BCUT2D eigenvalue weighted by molar-refractivity contribution is -0.385. The van der Waals surface area contributed by atoms with Crippen LogP contribution in [0.5, 0.6) is 0 Å². The van der Waals surface area contributed by atoms with Gasteiger partial charge in [-0.1, -0.05) is 0 Å². The zero-order valence-electron chi connectivity index (χ0n) is 8.76. The topological polar surface area (TPSA) is 77.3 Å². The zero-order valence-corrected chi connectivity index (χ0v) is 11.9. The number of sulfone groups is 1. The maximum Gasteiger partial charge on any atom is 0.270 e. The van der Waals surface area contributed by atoms with Gasteiger partial charge in [-0.25, -0.2) is 8.42 Å². The number of benzene rings is 1. The molecule has 1 atom stereocenters. The van der Waals surface area contributed by atoms with E-state index in [4.69, 9.17) is 11.6 Å². The summed E-state index contributed by atoms with van der Waals surface area (Å²) in [5.41, 5.74) is -0.172. The molecular formula is C9H9BrClNO4S. The van der Waals surface area contributed by atoms with Gasteiger partial charge in [0.05, 0.1) is 15.1 Å². The van der Waals surface area contributed by atoms with Gasteiger partial charge >= 0.3 is 0 Å². The molecule has 8 heteroatoms. The lowest BCUT2D eigenvalue weighted by Crippen LogP contribution is -2.19. The third-order valence-corrected chi connectivity index (χ3v) is 5.94. The van der Waals surface area contributed by atoms with Crippen molar-refractivity contribution in [3.8, 4) is 0 Å². The molecule has 0 aliphatic rings. The van der Waals surface area contributed by atoms with Crippen molar-refractivity contribution in [1.29, 1.82) is 0 Å². The molecule has 0 N–H and O–H groups in total. The second-order valence-corrected chi connectivity index (χ2v) is 6.88. The van der Waals surface area contributed by atoms with Crippen molar-refractivity contribution in [3.63, 3.8) is 0 Å². The first-order valence-electron chi connectivity index (χ1n) is 4.54. The summed E-state index contributed by atoms with van der Waals surface area (Å²) in [4.78, 5) is 9.94. The minimum Gasteiger partial charge on any atom is -0.258 e. The summed E-state index contributed by atoms with van der Waals surface area (Å²) in [6.45, 7) is 1.48. The van der Waals surface area contributed by atoms with Crippen LogP contribution in [0.2, 0.25) is 0 Å². The second kappa shape index (κ2) is 5.32. The minimum atomic E-state index is -3.56. The maximum atomic E-state index is 12.0. The van der Waals surface area contributed by atoms with E-state index in [1.807, 2.05) is 0 Å². The van der Waals surface area contributed by atoms with E-state index in [0.29, 0.717) is 0 Å². The highest BCUT2D eigenvalue weighted by Gasteiger charge is 2.25. The SMILES string of the molecule is CC(CCl)S(=O)(=O)c1ccc([N+](=O)[O-])cc1Br. The first-order chi connectivity index (χ1) is 7.80. The first kappa shape index (κ1) is 14.4. The molecule has 0 amide bonds. The lowest BCUT2D eigenvalue weighted by atomic mass is 10.3. The molecule has 0 saturated heterocycles. The number of alkyl halides is 1. The zero-order chi connectivity index (χ0) is 13.2. The van der Waals surface area contributed by atoms with Crippen LogP contribution in [0, 0.1) is 10.1 Å². The molecule has 0 radical (unpaired) electrons. The molecule has 0 aromatic heterocycles. The molecule has 0 spiro atoms. The number of hydrogen-bond donors (Lipinski definition) is 0. The van der Waals surface area contributed by atoms with Crippen molar-refractivity contribution in [2.45, 2.75) is 17.1 Å². The van der Waals surface area contributed by atoms with Gasteiger partial charge in [-0.05, 0) is 28.9 Å². The minimum absolute atomic E-state index is 0.0104. The Kier molecular flexibility index (Phi) is 4.51. The Morgan fingerprint density at radius 2 is 2.12 bits per heavy atom. The Balaban J connectivity index is 3.31.